The summed E-state index contributed by atoms with van der Waals surface area (Å²) in [6.45, 7) is 2.71. The molecule has 0 bridgehead atoms. The standard InChI is InChI=1S/C15H16BrN3OS/c1-9-6-14(20)19-15(18-9)21-12-5-2-10(13(16)7-12)8-17-11-3-4-11/h2,5-7,11,17H,3-4,8H2,1H3,(H,18,19,20). The van der Waals surface area contributed by atoms with E-state index >= 15 is 0 Å². The molecule has 1 aliphatic carbocycles. The van der Waals surface area contributed by atoms with Crippen LogP contribution in [0.4, 0.5) is 0 Å². The summed E-state index contributed by atoms with van der Waals surface area (Å²) in [5.41, 5.74) is 1.86. The van der Waals surface area contributed by atoms with E-state index in [1.165, 1.54) is 36.2 Å². The monoisotopic (exact) mass is 365 g/mol. The summed E-state index contributed by atoms with van der Waals surface area (Å²) in [4.78, 5) is 19.6. The van der Waals surface area contributed by atoms with Gasteiger partial charge in [-0.25, -0.2) is 4.98 Å². The fourth-order valence-corrected chi connectivity index (χ4v) is 3.54. The van der Waals surface area contributed by atoms with Crippen molar-refractivity contribution in [1.29, 1.82) is 0 Å². The van der Waals surface area contributed by atoms with Crippen LogP contribution in [0.1, 0.15) is 24.1 Å². The lowest BCUT2D eigenvalue weighted by Gasteiger charge is -2.08. The van der Waals surface area contributed by atoms with Crippen LogP contribution >= 0.6 is 27.7 Å². The molecule has 2 N–H and O–H groups in total. The number of benzene rings is 1. The summed E-state index contributed by atoms with van der Waals surface area (Å²) >= 11 is 5.07. The highest BCUT2D eigenvalue weighted by atomic mass is 79.9. The number of aryl methyl sites for hydroxylation is 1. The Balaban J connectivity index is 1.73. The van der Waals surface area contributed by atoms with Crippen LogP contribution in [0.25, 0.3) is 0 Å². The molecule has 1 aromatic carbocycles. The third kappa shape index (κ3) is 4.18. The van der Waals surface area contributed by atoms with Crippen molar-refractivity contribution in [2.45, 2.75) is 42.4 Å². The first-order valence-corrected chi connectivity index (χ1v) is 8.49. The van der Waals surface area contributed by atoms with Gasteiger partial charge in [-0.2, -0.15) is 0 Å². The van der Waals surface area contributed by atoms with E-state index in [9.17, 15) is 4.79 Å². The molecular formula is C15H16BrN3OS. The molecule has 21 heavy (non-hydrogen) atoms. The first kappa shape index (κ1) is 14.8. The second-order valence-electron chi connectivity index (χ2n) is 5.20. The first-order valence-electron chi connectivity index (χ1n) is 6.88. The minimum Gasteiger partial charge on any atom is -0.310 e. The maximum Gasteiger partial charge on any atom is 0.251 e. The van der Waals surface area contributed by atoms with E-state index in [0.717, 1.165) is 21.6 Å². The van der Waals surface area contributed by atoms with Crippen molar-refractivity contribution >= 4 is 27.7 Å². The van der Waals surface area contributed by atoms with Gasteiger partial charge in [-0.05, 0) is 37.5 Å². The predicted molar refractivity (Wildman–Crippen MR) is 87.7 cm³/mol. The van der Waals surface area contributed by atoms with E-state index in [2.05, 4.69) is 49.4 Å². The molecular weight excluding hydrogens is 350 g/mol. The lowest BCUT2D eigenvalue weighted by atomic mass is 10.2. The highest BCUT2D eigenvalue weighted by Gasteiger charge is 2.20. The van der Waals surface area contributed by atoms with Gasteiger partial charge in [-0.3, -0.25) is 4.79 Å². The smallest absolute Gasteiger partial charge is 0.251 e. The molecule has 0 spiro atoms. The highest BCUT2D eigenvalue weighted by molar-refractivity contribution is 9.10. The maximum absolute atomic E-state index is 11.5. The van der Waals surface area contributed by atoms with Crippen LogP contribution in [-0.4, -0.2) is 16.0 Å². The number of hydrogen-bond acceptors (Lipinski definition) is 4. The molecule has 0 aliphatic heterocycles. The van der Waals surface area contributed by atoms with Gasteiger partial charge in [0.1, 0.15) is 0 Å². The third-order valence-electron chi connectivity index (χ3n) is 3.25. The summed E-state index contributed by atoms with van der Waals surface area (Å²) in [6, 6.07) is 8.42. The van der Waals surface area contributed by atoms with E-state index in [1.807, 2.05) is 6.92 Å². The molecule has 0 saturated heterocycles. The summed E-state index contributed by atoms with van der Waals surface area (Å²) in [5, 5.41) is 4.12. The molecule has 1 saturated carbocycles. The molecule has 110 valence electrons. The Labute approximate surface area is 135 Å². The molecule has 3 rings (SSSR count). The Bertz CT molecular complexity index is 712. The van der Waals surface area contributed by atoms with Gasteiger partial charge in [0.05, 0.1) is 0 Å². The lowest BCUT2D eigenvalue weighted by molar-refractivity contribution is 0.685. The molecule has 0 amide bonds. The van der Waals surface area contributed by atoms with Gasteiger partial charge in [0, 0.05) is 33.7 Å². The van der Waals surface area contributed by atoms with Crippen molar-refractivity contribution in [3.05, 3.63) is 50.3 Å². The second kappa shape index (κ2) is 6.34. The predicted octanol–water partition coefficient (Wildman–Crippen LogP) is 3.24. The third-order valence-corrected chi connectivity index (χ3v) is 4.86. The van der Waals surface area contributed by atoms with Crippen LogP contribution in [0.15, 0.2) is 43.6 Å². The topological polar surface area (TPSA) is 57.8 Å². The van der Waals surface area contributed by atoms with E-state index in [4.69, 9.17) is 0 Å². The minimum absolute atomic E-state index is 0.116. The molecule has 1 fully saturated rings. The zero-order valence-electron chi connectivity index (χ0n) is 11.6. The Kier molecular flexibility index (Phi) is 4.47. The van der Waals surface area contributed by atoms with Gasteiger partial charge in [0.25, 0.3) is 5.56 Å². The zero-order chi connectivity index (χ0) is 14.8. The number of halogens is 1. The molecule has 1 aliphatic rings. The average Bonchev–Trinajstić information content (AvgIpc) is 3.20. The normalized spacial score (nSPS) is 14.4. The van der Waals surface area contributed by atoms with Crippen LogP contribution in [0.3, 0.4) is 0 Å². The van der Waals surface area contributed by atoms with Gasteiger partial charge in [0.15, 0.2) is 5.16 Å². The summed E-state index contributed by atoms with van der Waals surface area (Å²) in [7, 11) is 0. The number of rotatable bonds is 5. The maximum atomic E-state index is 11.5. The fraction of sp³-hybridized carbons (Fsp3) is 0.333. The van der Waals surface area contributed by atoms with Crippen molar-refractivity contribution in [2.75, 3.05) is 0 Å². The van der Waals surface area contributed by atoms with Crippen LogP contribution in [-0.2, 0) is 6.54 Å². The number of hydrogen-bond donors (Lipinski definition) is 2. The minimum atomic E-state index is -0.116. The summed E-state index contributed by atoms with van der Waals surface area (Å²) in [5.74, 6) is 0. The number of H-pyrrole nitrogens is 1. The molecule has 4 nitrogen and oxygen atoms in total. The van der Waals surface area contributed by atoms with Crippen LogP contribution in [0.5, 0.6) is 0 Å². The van der Waals surface area contributed by atoms with Crippen molar-refractivity contribution in [2.24, 2.45) is 0 Å². The van der Waals surface area contributed by atoms with E-state index in [0.29, 0.717) is 11.2 Å². The van der Waals surface area contributed by atoms with Crippen molar-refractivity contribution in [3.63, 3.8) is 0 Å². The van der Waals surface area contributed by atoms with Crippen molar-refractivity contribution < 1.29 is 0 Å². The van der Waals surface area contributed by atoms with Crippen molar-refractivity contribution in [1.82, 2.24) is 15.3 Å². The van der Waals surface area contributed by atoms with Crippen molar-refractivity contribution in [3.8, 4) is 0 Å². The van der Waals surface area contributed by atoms with Gasteiger partial charge < -0.3 is 10.3 Å². The largest absolute Gasteiger partial charge is 0.310 e. The van der Waals surface area contributed by atoms with Gasteiger partial charge in [0.2, 0.25) is 0 Å². The van der Waals surface area contributed by atoms with E-state index in [1.54, 1.807) is 0 Å². The Hall–Kier alpha value is -1.11. The molecule has 1 heterocycles. The molecule has 0 radical (unpaired) electrons. The highest BCUT2D eigenvalue weighted by Crippen LogP contribution is 2.29. The average molecular weight is 366 g/mol. The number of aromatic nitrogens is 2. The Morgan fingerprint density at radius 3 is 2.90 bits per heavy atom. The summed E-state index contributed by atoms with van der Waals surface area (Å²) < 4.78 is 1.08. The number of aromatic amines is 1. The Morgan fingerprint density at radius 2 is 2.24 bits per heavy atom. The molecule has 6 heteroatoms. The molecule has 0 unspecified atom stereocenters. The SMILES string of the molecule is Cc1cc(=O)[nH]c(Sc2ccc(CNC3CC3)c(Br)c2)n1. The van der Waals surface area contributed by atoms with Gasteiger partial charge in [-0.15, -0.1) is 0 Å². The van der Waals surface area contributed by atoms with Crippen LogP contribution < -0.4 is 10.9 Å². The van der Waals surface area contributed by atoms with Gasteiger partial charge >= 0.3 is 0 Å². The number of nitrogens with one attached hydrogen (secondary N) is 2. The van der Waals surface area contributed by atoms with Gasteiger partial charge in [-0.1, -0.05) is 33.8 Å². The zero-order valence-corrected chi connectivity index (χ0v) is 14.1. The molecule has 0 atom stereocenters. The second-order valence-corrected chi connectivity index (χ2v) is 7.12. The van der Waals surface area contributed by atoms with Crippen LogP contribution in [0.2, 0.25) is 0 Å². The fourth-order valence-electron chi connectivity index (χ4n) is 1.99. The quantitative estimate of drug-likeness (QED) is 0.798. The van der Waals surface area contributed by atoms with E-state index in [-0.39, 0.29) is 5.56 Å². The first-order chi connectivity index (χ1) is 10.1. The molecule has 1 aromatic heterocycles. The number of nitrogens with zero attached hydrogens (tertiary/aromatic N) is 1. The van der Waals surface area contributed by atoms with Crippen LogP contribution in [0, 0.1) is 6.92 Å². The molecule has 2 aromatic rings. The Morgan fingerprint density at radius 1 is 1.43 bits per heavy atom. The summed E-state index contributed by atoms with van der Waals surface area (Å²) in [6.07, 6.45) is 2.58. The van der Waals surface area contributed by atoms with E-state index < -0.39 is 0 Å². The lowest BCUT2D eigenvalue weighted by Crippen LogP contribution is -2.15.